The van der Waals surface area contributed by atoms with E-state index in [1.807, 2.05) is 37.3 Å². The molecule has 1 fully saturated rings. The third-order valence-corrected chi connectivity index (χ3v) is 6.82. The van der Waals surface area contributed by atoms with E-state index in [2.05, 4.69) is 4.72 Å². The molecular formula is C25H26N2O5S. The number of ether oxygens (including phenoxy) is 2. The fourth-order valence-electron chi connectivity index (χ4n) is 3.88. The standard InChI is InChI=1S/C25H26N2O5S/c1-18-16-27(17-24(32-18)19-9-4-3-5-10-19)25(28)20-11-8-12-21(15-20)33(29,30)26-22-13-6-7-14-23(22)31-2/h3-15,18,24,26H,16-17H2,1-2H3. The summed E-state index contributed by atoms with van der Waals surface area (Å²) in [6, 6.07) is 22.6. The summed E-state index contributed by atoms with van der Waals surface area (Å²) < 4.78 is 39.8. The number of hydrogen-bond acceptors (Lipinski definition) is 5. The van der Waals surface area contributed by atoms with Gasteiger partial charge in [-0.05, 0) is 42.8 Å². The predicted octanol–water partition coefficient (Wildman–Crippen LogP) is 4.10. The van der Waals surface area contributed by atoms with Crippen LogP contribution in [0.2, 0.25) is 0 Å². The smallest absolute Gasteiger partial charge is 0.262 e. The molecule has 1 amide bonds. The molecule has 0 aromatic heterocycles. The van der Waals surface area contributed by atoms with Crippen molar-refractivity contribution in [2.45, 2.75) is 24.0 Å². The largest absolute Gasteiger partial charge is 0.495 e. The first-order valence-electron chi connectivity index (χ1n) is 10.6. The van der Waals surface area contributed by atoms with Crippen molar-refractivity contribution in [2.24, 2.45) is 0 Å². The Kier molecular flexibility index (Phi) is 6.67. The van der Waals surface area contributed by atoms with Crippen molar-refractivity contribution >= 4 is 21.6 Å². The molecule has 33 heavy (non-hydrogen) atoms. The number of nitrogens with one attached hydrogen (secondary N) is 1. The molecule has 0 radical (unpaired) electrons. The average Bonchev–Trinajstić information content (AvgIpc) is 2.84. The minimum atomic E-state index is -3.92. The van der Waals surface area contributed by atoms with Gasteiger partial charge in [0.25, 0.3) is 15.9 Å². The van der Waals surface area contributed by atoms with Gasteiger partial charge in [0, 0.05) is 12.1 Å². The van der Waals surface area contributed by atoms with Crippen LogP contribution in [0.15, 0.2) is 83.8 Å². The molecule has 1 heterocycles. The molecule has 1 saturated heterocycles. The van der Waals surface area contributed by atoms with Gasteiger partial charge in [0.2, 0.25) is 0 Å². The van der Waals surface area contributed by atoms with Gasteiger partial charge in [-0.3, -0.25) is 9.52 Å². The number of carbonyl (C=O) groups is 1. The SMILES string of the molecule is COc1ccccc1NS(=O)(=O)c1cccc(C(=O)N2CC(C)OC(c3ccccc3)C2)c1. The predicted molar refractivity (Wildman–Crippen MR) is 126 cm³/mol. The second-order valence-corrected chi connectivity index (χ2v) is 9.57. The van der Waals surface area contributed by atoms with Gasteiger partial charge in [-0.25, -0.2) is 8.42 Å². The molecule has 0 spiro atoms. The number of carbonyl (C=O) groups excluding carboxylic acids is 1. The van der Waals surface area contributed by atoms with Crippen molar-refractivity contribution in [3.8, 4) is 5.75 Å². The van der Waals surface area contributed by atoms with Gasteiger partial charge in [-0.2, -0.15) is 0 Å². The van der Waals surface area contributed by atoms with Gasteiger partial charge >= 0.3 is 0 Å². The number of nitrogens with zero attached hydrogens (tertiary/aromatic N) is 1. The highest BCUT2D eigenvalue weighted by molar-refractivity contribution is 7.92. The van der Waals surface area contributed by atoms with Gasteiger partial charge in [-0.15, -0.1) is 0 Å². The zero-order valence-electron chi connectivity index (χ0n) is 18.5. The van der Waals surface area contributed by atoms with E-state index in [4.69, 9.17) is 9.47 Å². The molecule has 3 aromatic rings. The molecule has 0 bridgehead atoms. The first-order valence-corrected chi connectivity index (χ1v) is 12.1. The Morgan fingerprint density at radius 1 is 1.00 bits per heavy atom. The van der Waals surface area contributed by atoms with Crippen molar-refractivity contribution in [1.82, 2.24) is 4.90 Å². The zero-order valence-corrected chi connectivity index (χ0v) is 19.3. The number of hydrogen-bond donors (Lipinski definition) is 1. The average molecular weight is 467 g/mol. The fourth-order valence-corrected chi connectivity index (χ4v) is 5.00. The number of methoxy groups -OCH3 is 1. The number of benzene rings is 3. The molecule has 4 rings (SSSR count). The maximum absolute atomic E-state index is 13.3. The second-order valence-electron chi connectivity index (χ2n) is 7.89. The summed E-state index contributed by atoms with van der Waals surface area (Å²) >= 11 is 0. The van der Waals surface area contributed by atoms with Crippen LogP contribution in [-0.4, -0.2) is 45.5 Å². The van der Waals surface area contributed by atoms with Crippen molar-refractivity contribution in [3.05, 3.63) is 90.0 Å². The van der Waals surface area contributed by atoms with Crippen LogP contribution in [0.25, 0.3) is 0 Å². The molecule has 3 aromatic carbocycles. The Morgan fingerprint density at radius 3 is 2.48 bits per heavy atom. The Morgan fingerprint density at radius 2 is 1.73 bits per heavy atom. The highest BCUT2D eigenvalue weighted by atomic mass is 32.2. The van der Waals surface area contributed by atoms with Gasteiger partial charge < -0.3 is 14.4 Å². The lowest BCUT2D eigenvalue weighted by Gasteiger charge is -2.37. The minimum absolute atomic E-state index is 0.000161. The molecule has 1 N–H and O–H groups in total. The van der Waals surface area contributed by atoms with Crippen LogP contribution in [-0.2, 0) is 14.8 Å². The summed E-state index contributed by atoms with van der Waals surface area (Å²) in [4.78, 5) is 15.0. The van der Waals surface area contributed by atoms with Crippen LogP contribution in [0.3, 0.4) is 0 Å². The Bertz CT molecular complexity index is 1230. The van der Waals surface area contributed by atoms with Crippen LogP contribution in [0, 0.1) is 0 Å². The van der Waals surface area contributed by atoms with E-state index in [1.54, 1.807) is 41.3 Å². The second kappa shape index (κ2) is 9.64. The van der Waals surface area contributed by atoms with Gasteiger partial charge in [0.15, 0.2) is 0 Å². The van der Waals surface area contributed by atoms with Gasteiger partial charge in [0.05, 0.1) is 30.3 Å². The number of amides is 1. The summed E-state index contributed by atoms with van der Waals surface area (Å²) in [6.45, 7) is 2.75. The Hall–Kier alpha value is -3.36. The van der Waals surface area contributed by atoms with E-state index in [0.717, 1.165) is 5.56 Å². The highest BCUT2D eigenvalue weighted by Gasteiger charge is 2.30. The Balaban J connectivity index is 1.56. The summed E-state index contributed by atoms with van der Waals surface area (Å²) in [7, 11) is -2.45. The van der Waals surface area contributed by atoms with Crippen LogP contribution in [0.1, 0.15) is 28.9 Å². The normalized spacial score (nSPS) is 18.5. The van der Waals surface area contributed by atoms with Crippen LogP contribution in [0.5, 0.6) is 5.75 Å². The van der Waals surface area contributed by atoms with Gasteiger partial charge in [-0.1, -0.05) is 48.5 Å². The number of para-hydroxylation sites is 2. The quantitative estimate of drug-likeness (QED) is 0.591. The van der Waals surface area contributed by atoms with E-state index in [9.17, 15) is 13.2 Å². The number of rotatable bonds is 6. The van der Waals surface area contributed by atoms with Crippen molar-refractivity contribution in [3.63, 3.8) is 0 Å². The van der Waals surface area contributed by atoms with E-state index in [-0.39, 0.29) is 23.0 Å². The molecule has 1 aliphatic rings. The van der Waals surface area contributed by atoms with E-state index < -0.39 is 10.0 Å². The fraction of sp³-hybridized carbons (Fsp3) is 0.240. The minimum Gasteiger partial charge on any atom is -0.495 e. The Labute approximate surface area is 194 Å². The number of sulfonamides is 1. The van der Waals surface area contributed by atoms with Crippen LogP contribution >= 0.6 is 0 Å². The molecule has 2 atom stereocenters. The molecule has 8 heteroatoms. The topological polar surface area (TPSA) is 84.9 Å². The monoisotopic (exact) mass is 466 g/mol. The molecule has 0 saturated carbocycles. The summed E-state index contributed by atoms with van der Waals surface area (Å²) in [5, 5.41) is 0. The third-order valence-electron chi connectivity index (χ3n) is 5.46. The van der Waals surface area contributed by atoms with E-state index in [0.29, 0.717) is 30.1 Å². The lowest BCUT2D eigenvalue weighted by atomic mass is 10.1. The van der Waals surface area contributed by atoms with E-state index in [1.165, 1.54) is 19.2 Å². The van der Waals surface area contributed by atoms with E-state index >= 15 is 0 Å². The van der Waals surface area contributed by atoms with Crippen LogP contribution in [0.4, 0.5) is 5.69 Å². The number of anilines is 1. The summed E-state index contributed by atoms with van der Waals surface area (Å²) in [5.41, 5.74) is 1.63. The maximum atomic E-state index is 13.3. The lowest BCUT2D eigenvalue weighted by molar-refractivity contribution is -0.0691. The molecule has 172 valence electrons. The van der Waals surface area contributed by atoms with Crippen molar-refractivity contribution in [1.29, 1.82) is 0 Å². The molecule has 7 nitrogen and oxygen atoms in total. The lowest BCUT2D eigenvalue weighted by Crippen LogP contribution is -2.46. The molecular weight excluding hydrogens is 440 g/mol. The van der Waals surface area contributed by atoms with Crippen LogP contribution < -0.4 is 9.46 Å². The zero-order chi connectivity index (χ0) is 23.4. The maximum Gasteiger partial charge on any atom is 0.262 e. The summed E-state index contributed by atoms with van der Waals surface area (Å²) in [5.74, 6) is 0.169. The molecule has 1 aliphatic heterocycles. The highest BCUT2D eigenvalue weighted by Crippen LogP contribution is 2.28. The number of morpholine rings is 1. The first kappa shape index (κ1) is 22.8. The van der Waals surface area contributed by atoms with Gasteiger partial charge in [0.1, 0.15) is 11.9 Å². The molecule has 0 aliphatic carbocycles. The third kappa shape index (κ3) is 5.18. The van der Waals surface area contributed by atoms with Crippen molar-refractivity contribution < 1.29 is 22.7 Å². The van der Waals surface area contributed by atoms with Crippen molar-refractivity contribution in [2.75, 3.05) is 24.9 Å². The molecule has 2 unspecified atom stereocenters. The first-order chi connectivity index (χ1) is 15.9. The summed E-state index contributed by atoms with van der Waals surface area (Å²) in [6.07, 6.45) is -0.384.